The highest BCUT2D eigenvalue weighted by Crippen LogP contribution is 2.31. The van der Waals surface area contributed by atoms with E-state index in [0.29, 0.717) is 35.3 Å². The highest BCUT2D eigenvalue weighted by molar-refractivity contribution is 6.33. The Morgan fingerprint density at radius 3 is 2.56 bits per heavy atom. The van der Waals surface area contributed by atoms with Gasteiger partial charge in [0.2, 0.25) is 5.88 Å². The number of ether oxygens (including phenoxy) is 3. The Hall–Kier alpha value is -2.46. The normalized spacial score (nSPS) is 21.1. The van der Waals surface area contributed by atoms with Crippen LogP contribution in [0.25, 0.3) is 0 Å². The summed E-state index contributed by atoms with van der Waals surface area (Å²) in [7, 11) is 0. The van der Waals surface area contributed by atoms with Gasteiger partial charge in [-0.05, 0) is 58.2 Å². The van der Waals surface area contributed by atoms with Gasteiger partial charge in [0, 0.05) is 31.5 Å². The molecule has 2 aliphatic rings. The van der Waals surface area contributed by atoms with Gasteiger partial charge >= 0.3 is 0 Å². The molecule has 2 aromatic rings. The first-order valence-electron chi connectivity index (χ1n) is 12.3. The molecule has 2 atom stereocenters. The fourth-order valence-corrected chi connectivity index (χ4v) is 4.34. The third kappa shape index (κ3) is 8.58. The minimum atomic E-state index is -0.318. The molecule has 0 spiro atoms. The van der Waals surface area contributed by atoms with Crippen molar-refractivity contribution in [3.05, 3.63) is 40.7 Å². The lowest BCUT2D eigenvalue weighted by Crippen LogP contribution is -2.56. The van der Waals surface area contributed by atoms with Gasteiger partial charge in [0.15, 0.2) is 0 Å². The van der Waals surface area contributed by atoms with E-state index < -0.39 is 0 Å². The van der Waals surface area contributed by atoms with Crippen LogP contribution in [-0.2, 0) is 20.7 Å². The molecule has 2 unspecified atom stereocenters. The summed E-state index contributed by atoms with van der Waals surface area (Å²) in [6, 6.07) is 6.55. The van der Waals surface area contributed by atoms with Crippen LogP contribution in [0.3, 0.4) is 0 Å². The fraction of sp³-hybridized carbons (Fsp3) is 0.577. The lowest BCUT2D eigenvalue weighted by molar-refractivity contribution is -0.138. The number of piperidine rings is 1. The Labute approximate surface area is 217 Å². The first-order chi connectivity index (χ1) is 17.2. The Kier molecular flexibility index (Phi) is 10.3. The molecule has 0 amide bonds. The van der Waals surface area contributed by atoms with E-state index in [0.717, 1.165) is 55.7 Å². The Bertz CT molecular complexity index is 989. The second-order valence-corrected chi connectivity index (χ2v) is 10.5. The number of aryl methyl sites for hydroxylation is 1. The lowest BCUT2D eigenvalue weighted by Gasteiger charge is -2.39. The lowest BCUT2D eigenvalue weighted by atomic mass is 9.95. The molecular formula is C26H37ClN4O5. The molecule has 0 aliphatic carbocycles. The van der Waals surface area contributed by atoms with Gasteiger partial charge in [-0.25, -0.2) is 9.97 Å². The van der Waals surface area contributed by atoms with Crippen molar-refractivity contribution >= 4 is 29.6 Å². The summed E-state index contributed by atoms with van der Waals surface area (Å²) in [5.74, 6) is 1.28. The number of anilines is 2. The molecule has 36 heavy (non-hydrogen) atoms. The van der Waals surface area contributed by atoms with Crippen LogP contribution < -0.4 is 15.4 Å². The van der Waals surface area contributed by atoms with E-state index in [-0.39, 0.29) is 18.3 Å². The van der Waals surface area contributed by atoms with Gasteiger partial charge in [0.05, 0.1) is 29.5 Å². The van der Waals surface area contributed by atoms with Gasteiger partial charge in [0.25, 0.3) is 6.47 Å². The molecule has 2 bridgehead atoms. The number of aromatic nitrogens is 2. The second-order valence-electron chi connectivity index (χ2n) is 10.1. The molecule has 2 saturated heterocycles. The van der Waals surface area contributed by atoms with E-state index >= 15 is 0 Å². The molecular weight excluding hydrogens is 484 g/mol. The molecule has 10 heteroatoms. The van der Waals surface area contributed by atoms with Gasteiger partial charge in [-0.2, -0.15) is 0 Å². The van der Waals surface area contributed by atoms with Gasteiger partial charge in [0.1, 0.15) is 23.9 Å². The van der Waals surface area contributed by atoms with Crippen molar-refractivity contribution in [2.24, 2.45) is 0 Å². The zero-order valence-corrected chi connectivity index (χ0v) is 22.2. The van der Waals surface area contributed by atoms with Crippen LogP contribution >= 0.6 is 11.6 Å². The van der Waals surface area contributed by atoms with E-state index in [1.807, 2.05) is 45.9 Å². The maximum absolute atomic E-state index is 9.60. The summed E-state index contributed by atoms with van der Waals surface area (Å²) in [4.78, 5) is 18.3. The number of benzene rings is 1. The molecule has 2 aliphatic heterocycles. The predicted octanol–water partition coefficient (Wildman–Crippen LogP) is 3.96. The van der Waals surface area contributed by atoms with Crippen molar-refractivity contribution in [2.45, 2.75) is 77.2 Å². The van der Waals surface area contributed by atoms with Crippen LogP contribution in [0.2, 0.25) is 5.02 Å². The third-order valence-corrected chi connectivity index (χ3v) is 6.14. The van der Waals surface area contributed by atoms with Crippen LogP contribution in [0.1, 0.15) is 51.2 Å². The SMILES string of the molecule is CC(C)(C)OC=O.Cc1c(Nc2ccc(CCCO)cc2Cl)ncnc1OC1CC2COCC(C1)N2. The molecule has 1 aromatic heterocycles. The topological polar surface area (TPSA) is 115 Å². The van der Waals surface area contributed by atoms with E-state index in [2.05, 4.69) is 25.3 Å². The fourth-order valence-electron chi connectivity index (χ4n) is 4.09. The van der Waals surface area contributed by atoms with E-state index in [9.17, 15) is 4.79 Å². The van der Waals surface area contributed by atoms with Crippen LogP contribution in [0.15, 0.2) is 24.5 Å². The quantitative estimate of drug-likeness (QED) is 0.445. The summed E-state index contributed by atoms with van der Waals surface area (Å²) < 4.78 is 16.4. The number of hydrogen-bond donors (Lipinski definition) is 3. The van der Waals surface area contributed by atoms with Crippen LogP contribution in [-0.4, -0.2) is 65.2 Å². The molecule has 0 radical (unpaired) electrons. The summed E-state index contributed by atoms with van der Waals surface area (Å²) in [5.41, 5.74) is 2.41. The van der Waals surface area contributed by atoms with Crippen LogP contribution in [0, 0.1) is 6.92 Å². The van der Waals surface area contributed by atoms with Crippen LogP contribution in [0.4, 0.5) is 11.5 Å². The monoisotopic (exact) mass is 520 g/mol. The number of carbonyl (C=O) groups is 1. The van der Waals surface area contributed by atoms with Crippen molar-refractivity contribution in [1.82, 2.24) is 15.3 Å². The number of halogens is 1. The smallest absolute Gasteiger partial charge is 0.293 e. The predicted molar refractivity (Wildman–Crippen MR) is 139 cm³/mol. The molecule has 3 heterocycles. The first kappa shape index (κ1) is 28.1. The molecule has 0 saturated carbocycles. The number of aliphatic hydroxyl groups excluding tert-OH is 1. The van der Waals surface area contributed by atoms with Gasteiger partial charge in [-0.3, -0.25) is 4.79 Å². The highest BCUT2D eigenvalue weighted by Gasteiger charge is 2.33. The van der Waals surface area contributed by atoms with E-state index in [1.54, 1.807) is 0 Å². The van der Waals surface area contributed by atoms with Crippen molar-refractivity contribution in [1.29, 1.82) is 0 Å². The molecule has 4 rings (SSSR count). The van der Waals surface area contributed by atoms with Crippen LogP contribution in [0.5, 0.6) is 5.88 Å². The minimum Gasteiger partial charge on any atom is -0.474 e. The maximum Gasteiger partial charge on any atom is 0.293 e. The number of fused-ring (bicyclic) bond motifs is 2. The minimum absolute atomic E-state index is 0.117. The number of carbonyl (C=O) groups excluding carboxylic acids is 1. The number of aliphatic hydroxyl groups is 1. The molecule has 2 fully saturated rings. The molecule has 1 aromatic carbocycles. The van der Waals surface area contributed by atoms with Crippen molar-refractivity contribution in [2.75, 3.05) is 25.1 Å². The summed E-state index contributed by atoms with van der Waals surface area (Å²) in [6.07, 6.45) is 4.96. The third-order valence-electron chi connectivity index (χ3n) is 5.83. The summed E-state index contributed by atoms with van der Waals surface area (Å²) in [6.45, 7) is 9.51. The maximum atomic E-state index is 9.60. The average molecular weight is 521 g/mol. The number of nitrogens with zero attached hydrogens (tertiary/aromatic N) is 2. The summed E-state index contributed by atoms with van der Waals surface area (Å²) in [5, 5.41) is 16.5. The number of rotatable bonds is 8. The molecule has 3 N–H and O–H groups in total. The summed E-state index contributed by atoms with van der Waals surface area (Å²) >= 11 is 6.44. The Balaban J connectivity index is 0.000000454. The average Bonchev–Trinajstić information content (AvgIpc) is 2.81. The van der Waals surface area contributed by atoms with Crippen molar-refractivity contribution in [3.63, 3.8) is 0 Å². The highest BCUT2D eigenvalue weighted by atomic mass is 35.5. The number of morpholine rings is 1. The van der Waals surface area contributed by atoms with Crippen molar-refractivity contribution < 1.29 is 24.1 Å². The number of nitrogens with one attached hydrogen (secondary N) is 2. The van der Waals surface area contributed by atoms with E-state index in [1.165, 1.54) is 6.33 Å². The van der Waals surface area contributed by atoms with Gasteiger partial charge in [-0.15, -0.1) is 0 Å². The zero-order chi connectivity index (χ0) is 26.1. The molecule has 198 valence electrons. The molecule has 9 nitrogen and oxygen atoms in total. The van der Waals surface area contributed by atoms with Gasteiger partial charge < -0.3 is 30.0 Å². The van der Waals surface area contributed by atoms with E-state index in [4.69, 9.17) is 26.2 Å². The van der Waals surface area contributed by atoms with Crippen molar-refractivity contribution in [3.8, 4) is 5.88 Å². The standard InChI is InChI=1S/C21H27ClN4O3.C5H10O2/c1-13-20(26-19-5-4-14(3-2-6-27)7-18(19)22)23-12-24-21(13)29-17-8-15-10-28-11-16(9-17)25-15;1-5(2,3)7-4-6/h4-5,7,12,15-17,25,27H,2-3,6,8-11H2,1H3,(H,23,24,26);4H,1-3H3. The Morgan fingerprint density at radius 2 is 1.97 bits per heavy atom. The Morgan fingerprint density at radius 1 is 1.25 bits per heavy atom. The number of hydrogen-bond acceptors (Lipinski definition) is 9. The second kappa shape index (κ2) is 13.2. The largest absolute Gasteiger partial charge is 0.474 e. The van der Waals surface area contributed by atoms with Gasteiger partial charge in [-0.1, -0.05) is 17.7 Å². The zero-order valence-electron chi connectivity index (χ0n) is 21.4. The first-order valence-corrected chi connectivity index (χ1v) is 12.7.